The van der Waals surface area contributed by atoms with Crippen molar-refractivity contribution in [1.29, 1.82) is 0 Å². The summed E-state index contributed by atoms with van der Waals surface area (Å²) in [5.41, 5.74) is 0. The smallest absolute Gasteiger partial charge is 0.230 e. The van der Waals surface area contributed by atoms with Crippen LogP contribution in [0.3, 0.4) is 0 Å². The molecule has 0 fully saturated rings. The van der Waals surface area contributed by atoms with Crippen molar-refractivity contribution >= 4 is 13.1 Å². The second kappa shape index (κ2) is 6.49. The highest BCUT2D eigenvalue weighted by molar-refractivity contribution is 6.72. The lowest BCUT2D eigenvalue weighted by Gasteiger charge is -1.93. The normalized spacial score (nSPS) is 6.75. The van der Waals surface area contributed by atoms with Gasteiger partial charge in [0.05, 0.1) is 0 Å². The summed E-state index contributed by atoms with van der Waals surface area (Å²) in [5, 5.41) is 2.66. The number of amides is 1. The van der Waals surface area contributed by atoms with Crippen LogP contribution in [0.2, 0.25) is 6.82 Å². The Kier molecular flexibility index (Phi) is 8.50. The lowest BCUT2D eigenvalue weighted by molar-refractivity contribution is 0.259. The van der Waals surface area contributed by atoms with Crippen LogP contribution in [0.1, 0.15) is 6.92 Å². The third-order valence-corrected chi connectivity index (χ3v) is 0.695. The van der Waals surface area contributed by atoms with E-state index in [1.54, 1.807) is 0 Å². The summed E-state index contributed by atoms with van der Waals surface area (Å²) in [7, 11) is 0.591. The highest BCUT2D eigenvalue weighted by atomic mass is 16.1. The van der Waals surface area contributed by atoms with Crippen molar-refractivity contribution in [2.24, 2.45) is 0 Å². The van der Waals surface area contributed by atoms with Gasteiger partial charge in [-0.1, -0.05) is 6.82 Å². The maximum atomic E-state index is 10.3. The minimum absolute atomic E-state index is 0. The molecule has 0 rings (SSSR count). The van der Waals surface area contributed by atoms with Crippen molar-refractivity contribution in [3.8, 4) is 0 Å². The fourth-order valence-electron chi connectivity index (χ4n) is 0.322. The molecule has 0 unspecified atom stereocenters. The highest BCUT2D eigenvalue weighted by Gasteiger charge is 1.90. The third kappa shape index (κ3) is 5.49. The van der Waals surface area contributed by atoms with Crippen LogP contribution < -0.4 is 11.5 Å². The van der Waals surface area contributed by atoms with Crippen LogP contribution in [0.25, 0.3) is 0 Å². The maximum absolute atomic E-state index is 10.3. The summed E-state index contributed by atoms with van der Waals surface area (Å²) in [6, 6.07) is 0. The van der Waals surface area contributed by atoms with Gasteiger partial charge in [0, 0.05) is 6.54 Å². The lowest BCUT2D eigenvalue weighted by atomic mass is 9.81. The van der Waals surface area contributed by atoms with Crippen molar-refractivity contribution in [2.75, 3.05) is 6.54 Å². The van der Waals surface area contributed by atoms with E-state index in [9.17, 15) is 4.79 Å². The summed E-state index contributed by atoms with van der Waals surface area (Å²) in [6.07, 6.45) is 0. The molecule has 0 aromatic heterocycles. The van der Waals surface area contributed by atoms with Gasteiger partial charge >= 0.3 is 0 Å². The van der Waals surface area contributed by atoms with Crippen molar-refractivity contribution < 1.29 is 4.79 Å². The summed E-state index contributed by atoms with van der Waals surface area (Å²) in [4.78, 5) is 10.3. The Balaban J connectivity index is 0. The molecule has 0 atom stereocenters. The first-order chi connectivity index (χ1) is 3.31. The fraction of sp³-hybridized carbons (Fsp3) is 0.750. The minimum atomic E-state index is 0. The first-order valence-electron chi connectivity index (χ1n) is 2.58. The molecule has 48 valence electrons. The average molecular weight is 116 g/mol. The van der Waals surface area contributed by atoms with Gasteiger partial charge in [0.1, 0.15) is 0 Å². The molecule has 0 aliphatic heterocycles. The van der Waals surface area contributed by atoms with E-state index in [2.05, 4.69) is 5.32 Å². The number of carbonyl (C=O) groups is 1. The summed E-state index contributed by atoms with van der Waals surface area (Å²) in [6.45, 7) is 4.49. The zero-order chi connectivity index (χ0) is 5.70. The molecule has 0 spiro atoms. The molecule has 4 N–H and O–H groups in total. The van der Waals surface area contributed by atoms with Crippen LogP contribution in [0, 0.1) is 0 Å². The van der Waals surface area contributed by atoms with Gasteiger partial charge in [-0.15, -0.1) is 0 Å². The Bertz CT molecular complexity index is 67.1. The highest BCUT2D eigenvalue weighted by Crippen LogP contribution is 1.62. The van der Waals surface area contributed by atoms with Crippen LogP contribution in [0.5, 0.6) is 0 Å². The molecule has 0 bridgehead atoms. The molecule has 3 nitrogen and oxygen atoms in total. The van der Waals surface area contributed by atoms with Crippen LogP contribution in [0.4, 0.5) is 4.79 Å². The second-order valence-corrected chi connectivity index (χ2v) is 1.31. The van der Waals surface area contributed by atoms with Crippen molar-refractivity contribution in [1.82, 2.24) is 11.5 Å². The first kappa shape index (κ1) is 10.5. The molecule has 0 aliphatic rings. The summed E-state index contributed by atoms with van der Waals surface area (Å²) in [5.74, 6) is 0.127. The van der Waals surface area contributed by atoms with Crippen LogP contribution >= 0.6 is 0 Å². The molecule has 0 aromatic carbocycles. The van der Waals surface area contributed by atoms with Crippen molar-refractivity contribution in [3.63, 3.8) is 0 Å². The molecule has 0 aliphatic carbocycles. The fourth-order valence-corrected chi connectivity index (χ4v) is 0.322. The van der Waals surface area contributed by atoms with Crippen molar-refractivity contribution in [2.45, 2.75) is 13.7 Å². The Labute approximate surface area is 50.7 Å². The zero-order valence-corrected chi connectivity index (χ0v) is 5.53. The Morgan fingerprint density at radius 1 is 1.75 bits per heavy atom. The van der Waals surface area contributed by atoms with E-state index in [4.69, 9.17) is 0 Å². The quantitative estimate of drug-likeness (QED) is 0.511. The molecule has 4 heteroatoms. The third-order valence-electron chi connectivity index (χ3n) is 0.695. The number of hydrogen-bond donors (Lipinski definition) is 2. The van der Waals surface area contributed by atoms with Gasteiger partial charge in [-0.3, -0.25) is 4.79 Å². The van der Waals surface area contributed by atoms with Gasteiger partial charge < -0.3 is 11.5 Å². The van der Waals surface area contributed by atoms with Gasteiger partial charge in [0.25, 0.3) is 0 Å². The predicted octanol–water partition coefficient (Wildman–Crippen LogP) is 0.362. The van der Waals surface area contributed by atoms with Gasteiger partial charge in [-0.2, -0.15) is 0 Å². The minimum Gasteiger partial charge on any atom is -0.365 e. The molecule has 0 aromatic rings. The Hall–Kier alpha value is -0.505. The number of hydrogen-bond acceptors (Lipinski definition) is 2. The van der Waals surface area contributed by atoms with E-state index in [1.165, 1.54) is 0 Å². The molecular weight excluding hydrogens is 103 g/mol. The van der Waals surface area contributed by atoms with Gasteiger partial charge in [-0.05, 0) is 6.92 Å². The van der Waals surface area contributed by atoms with Crippen molar-refractivity contribution in [3.05, 3.63) is 0 Å². The Morgan fingerprint density at radius 2 is 2.25 bits per heavy atom. The molecule has 0 heterocycles. The molecule has 0 saturated heterocycles. The standard InChI is InChI=1S/C4H10BNO.H3N/c1-3-6-4(7)5-2;/h5H,3H2,1-2H3,(H,6,7);1H3. The largest absolute Gasteiger partial charge is 0.365 e. The van der Waals surface area contributed by atoms with E-state index in [0.717, 1.165) is 6.54 Å². The van der Waals surface area contributed by atoms with E-state index < -0.39 is 0 Å². The average Bonchev–Trinajstić information content (AvgIpc) is 1.68. The van der Waals surface area contributed by atoms with Gasteiger partial charge in [-0.25, -0.2) is 0 Å². The van der Waals surface area contributed by atoms with E-state index in [-0.39, 0.29) is 12.0 Å². The van der Waals surface area contributed by atoms with E-state index in [1.807, 2.05) is 13.7 Å². The first-order valence-corrected chi connectivity index (χ1v) is 2.58. The zero-order valence-electron chi connectivity index (χ0n) is 5.53. The van der Waals surface area contributed by atoms with E-state index >= 15 is 0 Å². The molecule has 8 heavy (non-hydrogen) atoms. The number of nitrogens with one attached hydrogen (secondary N) is 1. The summed E-state index contributed by atoms with van der Waals surface area (Å²) >= 11 is 0. The molecule has 1 amide bonds. The number of carbonyl (C=O) groups excluding carboxylic acids is 1. The second-order valence-electron chi connectivity index (χ2n) is 1.31. The van der Waals surface area contributed by atoms with Crippen LogP contribution in [-0.4, -0.2) is 19.6 Å². The van der Waals surface area contributed by atoms with Crippen LogP contribution in [-0.2, 0) is 0 Å². The predicted molar refractivity (Wildman–Crippen MR) is 37.1 cm³/mol. The lowest BCUT2D eigenvalue weighted by Crippen LogP contribution is -2.24. The SMILES string of the molecule is CBC(=O)NCC.N. The van der Waals surface area contributed by atoms with Crippen LogP contribution in [0.15, 0.2) is 0 Å². The molecular formula is C4H13BN2O. The molecule has 0 saturated carbocycles. The monoisotopic (exact) mass is 116 g/mol. The molecule has 0 radical (unpaired) electrons. The topological polar surface area (TPSA) is 64.1 Å². The summed E-state index contributed by atoms with van der Waals surface area (Å²) < 4.78 is 0. The van der Waals surface area contributed by atoms with E-state index in [0.29, 0.717) is 7.28 Å². The maximum Gasteiger partial charge on any atom is 0.230 e. The number of rotatable bonds is 2. The Morgan fingerprint density at radius 3 is 2.38 bits per heavy atom. The van der Waals surface area contributed by atoms with Gasteiger partial charge in [0.15, 0.2) is 5.81 Å². The van der Waals surface area contributed by atoms with Gasteiger partial charge in [0.2, 0.25) is 7.28 Å².